The van der Waals surface area contributed by atoms with Crippen LogP contribution in [0.1, 0.15) is 10.7 Å². The van der Waals surface area contributed by atoms with Crippen LogP contribution in [0.5, 0.6) is 0 Å². The number of carbonyl (C=O) groups excluding carboxylic acids is 2. The number of urea groups is 1. The number of alkyl halides is 1. The van der Waals surface area contributed by atoms with Crippen molar-refractivity contribution in [3.63, 3.8) is 0 Å². The van der Waals surface area contributed by atoms with Crippen LogP contribution < -0.4 is 0 Å². The van der Waals surface area contributed by atoms with Crippen LogP contribution in [-0.2, 0) is 17.2 Å². The molecule has 0 spiro atoms. The Bertz CT molecular complexity index is 434. The highest BCUT2D eigenvalue weighted by Crippen LogP contribution is 2.17. The maximum Gasteiger partial charge on any atom is 0.327 e. The van der Waals surface area contributed by atoms with Crippen molar-refractivity contribution in [2.45, 2.75) is 12.4 Å². The number of hydrogen-bond acceptors (Lipinski definition) is 4. The van der Waals surface area contributed by atoms with Crippen LogP contribution in [0.15, 0.2) is 5.38 Å². The molecule has 0 saturated carbocycles. The standard InChI is InChI=1S/C9H10ClN3O2S/c1-12-4-8(14)13(9(12)15)3-7-11-6(2-10)5-16-7/h5H,2-4H2,1H3. The Balaban J connectivity index is 2.09. The van der Waals surface area contributed by atoms with Gasteiger partial charge in [-0.25, -0.2) is 9.78 Å². The molecular formula is C9H10ClN3O2S. The fraction of sp³-hybridized carbons (Fsp3) is 0.444. The van der Waals surface area contributed by atoms with Gasteiger partial charge < -0.3 is 4.90 Å². The first kappa shape index (κ1) is 11.3. The van der Waals surface area contributed by atoms with Crippen LogP contribution in [-0.4, -0.2) is 40.3 Å². The minimum Gasteiger partial charge on any atom is -0.318 e. The highest BCUT2D eigenvalue weighted by atomic mass is 35.5. The van der Waals surface area contributed by atoms with Crippen molar-refractivity contribution in [3.05, 3.63) is 16.1 Å². The molecule has 1 aromatic heterocycles. The molecule has 0 radical (unpaired) electrons. The molecular weight excluding hydrogens is 250 g/mol. The molecule has 2 heterocycles. The van der Waals surface area contributed by atoms with Crippen molar-refractivity contribution >= 4 is 34.9 Å². The summed E-state index contributed by atoms with van der Waals surface area (Å²) in [5.41, 5.74) is 0.772. The molecule has 1 fully saturated rings. The van der Waals surface area contributed by atoms with Crippen molar-refractivity contribution in [3.8, 4) is 0 Å². The van der Waals surface area contributed by atoms with Gasteiger partial charge in [-0.2, -0.15) is 0 Å². The van der Waals surface area contributed by atoms with Gasteiger partial charge in [0.1, 0.15) is 11.6 Å². The molecule has 1 saturated heterocycles. The monoisotopic (exact) mass is 259 g/mol. The Hall–Kier alpha value is -1.14. The number of thiazole rings is 1. The first-order chi connectivity index (χ1) is 7.61. The summed E-state index contributed by atoms with van der Waals surface area (Å²) in [7, 11) is 1.60. The number of nitrogens with zero attached hydrogens (tertiary/aromatic N) is 3. The van der Waals surface area contributed by atoms with Gasteiger partial charge >= 0.3 is 6.03 Å². The average molecular weight is 260 g/mol. The lowest BCUT2D eigenvalue weighted by atomic mass is 10.5. The molecule has 2 rings (SSSR count). The second-order valence-electron chi connectivity index (χ2n) is 3.48. The van der Waals surface area contributed by atoms with E-state index < -0.39 is 0 Å². The molecule has 0 aliphatic carbocycles. The van der Waals surface area contributed by atoms with E-state index in [4.69, 9.17) is 11.6 Å². The lowest BCUT2D eigenvalue weighted by molar-refractivity contribution is -0.125. The van der Waals surface area contributed by atoms with Gasteiger partial charge in [-0.1, -0.05) is 0 Å². The number of carbonyl (C=O) groups is 2. The van der Waals surface area contributed by atoms with Crippen LogP contribution in [0.2, 0.25) is 0 Å². The Kier molecular flexibility index (Phi) is 3.11. The third-order valence-electron chi connectivity index (χ3n) is 2.26. The second kappa shape index (κ2) is 4.39. The fourth-order valence-corrected chi connectivity index (χ4v) is 2.45. The summed E-state index contributed by atoms with van der Waals surface area (Å²) >= 11 is 7.03. The zero-order valence-electron chi connectivity index (χ0n) is 8.64. The summed E-state index contributed by atoms with van der Waals surface area (Å²) < 4.78 is 0. The Labute approximate surface area is 102 Å². The molecule has 1 aromatic rings. The molecule has 0 unspecified atom stereocenters. The number of amides is 3. The largest absolute Gasteiger partial charge is 0.327 e. The van der Waals surface area contributed by atoms with E-state index in [1.54, 1.807) is 7.05 Å². The van der Waals surface area contributed by atoms with E-state index in [0.29, 0.717) is 5.88 Å². The molecule has 5 nitrogen and oxygen atoms in total. The normalized spacial score (nSPS) is 16.4. The first-order valence-electron chi connectivity index (χ1n) is 4.66. The number of hydrogen-bond donors (Lipinski definition) is 0. The zero-order chi connectivity index (χ0) is 11.7. The summed E-state index contributed by atoms with van der Waals surface area (Å²) in [6.07, 6.45) is 0. The van der Waals surface area contributed by atoms with Crippen molar-refractivity contribution in [1.29, 1.82) is 0 Å². The fourth-order valence-electron chi connectivity index (χ4n) is 1.44. The topological polar surface area (TPSA) is 53.5 Å². The summed E-state index contributed by atoms with van der Waals surface area (Å²) in [6.45, 7) is 0.385. The summed E-state index contributed by atoms with van der Waals surface area (Å²) in [6, 6.07) is -0.271. The third kappa shape index (κ3) is 2.03. The number of aromatic nitrogens is 1. The zero-order valence-corrected chi connectivity index (χ0v) is 10.2. The van der Waals surface area contributed by atoms with Gasteiger partial charge in [0, 0.05) is 12.4 Å². The van der Waals surface area contributed by atoms with Gasteiger partial charge in [-0.15, -0.1) is 22.9 Å². The summed E-state index contributed by atoms with van der Waals surface area (Å²) in [4.78, 5) is 29.9. The van der Waals surface area contributed by atoms with Crippen LogP contribution in [0, 0.1) is 0 Å². The number of rotatable bonds is 3. The van der Waals surface area contributed by atoms with E-state index in [-0.39, 0.29) is 25.0 Å². The predicted molar refractivity (Wildman–Crippen MR) is 60.2 cm³/mol. The van der Waals surface area contributed by atoms with E-state index >= 15 is 0 Å². The minimum absolute atomic E-state index is 0.145. The molecule has 7 heteroatoms. The summed E-state index contributed by atoms with van der Waals surface area (Å²) in [5.74, 6) is 0.160. The van der Waals surface area contributed by atoms with Gasteiger partial charge in [0.05, 0.1) is 18.1 Å². The Morgan fingerprint density at radius 2 is 2.31 bits per heavy atom. The van der Waals surface area contributed by atoms with Gasteiger partial charge in [-0.3, -0.25) is 9.69 Å². The second-order valence-corrected chi connectivity index (χ2v) is 4.69. The van der Waals surface area contributed by atoms with Crippen molar-refractivity contribution in [2.75, 3.05) is 13.6 Å². The maximum atomic E-state index is 11.6. The average Bonchev–Trinajstić information content (AvgIpc) is 2.80. The van der Waals surface area contributed by atoms with Crippen LogP contribution in [0.3, 0.4) is 0 Å². The number of imide groups is 1. The quantitative estimate of drug-likeness (QED) is 0.607. The number of likely N-dealkylation sites (N-methyl/N-ethyl adjacent to an activating group) is 1. The van der Waals surface area contributed by atoms with E-state index in [1.165, 1.54) is 21.1 Å². The van der Waals surface area contributed by atoms with E-state index in [1.807, 2.05) is 5.38 Å². The molecule has 0 atom stereocenters. The lowest BCUT2D eigenvalue weighted by Crippen LogP contribution is -2.30. The lowest BCUT2D eigenvalue weighted by Gasteiger charge is -2.11. The van der Waals surface area contributed by atoms with Gasteiger partial charge in [0.15, 0.2) is 0 Å². The van der Waals surface area contributed by atoms with Crippen LogP contribution in [0.4, 0.5) is 4.79 Å². The highest BCUT2D eigenvalue weighted by molar-refractivity contribution is 7.09. The Morgan fingerprint density at radius 3 is 2.81 bits per heavy atom. The Morgan fingerprint density at radius 1 is 1.56 bits per heavy atom. The molecule has 0 N–H and O–H groups in total. The molecule has 3 amide bonds. The van der Waals surface area contributed by atoms with E-state index in [9.17, 15) is 9.59 Å². The molecule has 16 heavy (non-hydrogen) atoms. The highest BCUT2D eigenvalue weighted by Gasteiger charge is 2.33. The summed E-state index contributed by atoms with van der Waals surface area (Å²) in [5, 5.41) is 2.56. The van der Waals surface area contributed by atoms with Gasteiger partial charge in [0.25, 0.3) is 5.91 Å². The predicted octanol–water partition coefficient (Wildman–Crippen LogP) is 1.28. The number of halogens is 1. The van der Waals surface area contributed by atoms with Crippen molar-refractivity contribution < 1.29 is 9.59 Å². The smallest absolute Gasteiger partial charge is 0.318 e. The third-order valence-corrected chi connectivity index (χ3v) is 3.42. The minimum atomic E-state index is -0.271. The van der Waals surface area contributed by atoms with Crippen molar-refractivity contribution in [2.24, 2.45) is 0 Å². The SMILES string of the molecule is CN1CC(=O)N(Cc2nc(CCl)cs2)C1=O. The van der Waals surface area contributed by atoms with Gasteiger partial charge in [-0.05, 0) is 0 Å². The van der Waals surface area contributed by atoms with Crippen molar-refractivity contribution in [1.82, 2.24) is 14.8 Å². The molecule has 0 bridgehead atoms. The van der Waals surface area contributed by atoms with Crippen LogP contribution >= 0.6 is 22.9 Å². The van der Waals surface area contributed by atoms with Crippen LogP contribution in [0.25, 0.3) is 0 Å². The van der Waals surface area contributed by atoms with E-state index in [0.717, 1.165) is 10.7 Å². The molecule has 0 aromatic carbocycles. The molecule has 86 valence electrons. The first-order valence-corrected chi connectivity index (χ1v) is 6.08. The van der Waals surface area contributed by atoms with Gasteiger partial charge in [0.2, 0.25) is 0 Å². The molecule has 1 aliphatic heterocycles. The molecule has 1 aliphatic rings. The maximum absolute atomic E-state index is 11.6. The van der Waals surface area contributed by atoms with E-state index in [2.05, 4.69) is 4.98 Å².